The van der Waals surface area contributed by atoms with Crippen LogP contribution in [0.15, 0.2) is 0 Å². The number of likely N-dealkylation sites (N-methyl/N-ethyl adjacent to an activating group) is 1. The Morgan fingerprint density at radius 3 is 2.27 bits per heavy atom. The molecule has 2 heteroatoms. The summed E-state index contributed by atoms with van der Waals surface area (Å²) in [4.78, 5) is 13.3. The molecule has 64 valence electrons. The lowest BCUT2D eigenvalue weighted by Gasteiger charge is -2.15. The molecule has 1 fully saturated rings. The fraction of sp³-hybridized carbons (Fsp3) is 0.889. The van der Waals surface area contributed by atoms with Crippen molar-refractivity contribution in [1.82, 2.24) is 4.90 Å². The molecule has 0 saturated carbocycles. The highest BCUT2D eigenvalue weighted by atomic mass is 16.1. The van der Waals surface area contributed by atoms with E-state index in [9.17, 15) is 4.79 Å². The van der Waals surface area contributed by atoms with Gasteiger partial charge in [-0.05, 0) is 25.8 Å². The van der Waals surface area contributed by atoms with Gasteiger partial charge < -0.3 is 0 Å². The van der Waals surface area contributed by atoms with Crippen LogP contribution in [0.25, 0.3) is 0 Å². The van der Waals surface area contributed by atoms with Crippen molar-refractivity contribution in [2.75, 3.05) is 13.6 Å². The molecule has 0 amide bonds. The topological polar surface area (TPSA) is 20.3 Å². The molecule has 0 unspecified atom stereocenters. The first-order valence-electron chi connectivity index (χ1n) is 4.13. The Bertz CT molecular complexity index is 174. The maximum atomic E-state index is 11.1. The van der Waals surface area contributed by atoms with Crippen LogP contribution >= 0.6 is 0 Å². The first kappa shape index (κ1) is 8.72. The molecule has 0 aliphatic carbocycles. The number of hydrogen-bond donors (Lipinski definition) is 0. The van der Waals surface area contributed by atoms with Crippen LogP contribution in [-0.2, 0) is 4.79 Å². The third kappa shape index (κ3) is 1.80. The molecule has 0 radical (unpaired) electrons. The molecule has 1 aliphatic heterocycles. The summed E-state index contributed by atoms with van der Waals surface area (Å²) in [6.45, 7) is 7.15. The number of rotatable bonds is 1. The Kier molecular flexibility index (Phi) is 2.06. The van der Waals surface area contributed by atoms with E-state index in [1.54, 1.807) is 6.92 Å². The van der Waals surface area contributed by atoms with Crippen molar-refractivity contribution in [3.63, 3.8) is 0 Å². The lowest BCUT2D eigenvalue weighted by molar-refractivity contribution is -0.120. The maximum absolute atomic E-state index is 11.1. The second-order valence-corrected chi connectivity index (χ2v) is 4.41. The second-order valence-electron chi connectivity index (χ2n) is 4.41. The Morgan fingerprint density at radius 1 is 1.55 bits per heavy atom. The highest BCUT2D eigenvalue weighted by Crippen LogP contribution is 2.32. The minimum atomic E-state index is 0.171. The Hall–Kier alpha value is -0.370. The third-order valence-corrected chi connectivity index (χ3v) is 2.42. The van der Waals surface area contributed by atoms with Crippen molar-refractivity contribution in [1.29, 1.82) is 0 Å². The van der Waals surface area contributed by atoms with Gasteiger partial charge in [0.15, 0.2) is 0 Å². The summed E-state index contributed by atoms with van der Waals surface area (Å²) in [5.41, 5.74) is 0.324. The van der Waals surface area contributed by atoms with Crippen molar-refractivity contribution >= 4 is 5.78 Å². The van der Waals surface area contributed by atoms with Gasteiger partial charge in [-0.25, -0.2) is 0 Å². The highest BCUT2D eigenvalue weighted by molar-refractivity contribution is 5.81. The van der Waals surface area contributed by atoms with Crippen molar-refractivity contribution in [2.24, 2.45) is 5.41 Å². The predicted octanol–water partition coefficient (Wildman–Crippen LogP) is 1.31. The van der Waals surface area contributed by atoms with Gasteiger partial charge in [0.05, 0.1) is 6.04 Å². The molecule has 0 aromatic carbocycles. The van der Waals surface area contributed by atoms with E-state index in [2.05, 4.69) is 18.7 Å². The van der Waals surface area contributed by atoms with E-state index in [0.717, 1.165) is 13.0 Å². The zero-order chi connectivity index (χ0) is 8.65. The lowest BCUT2D eigenvalue weighted by Crippen LogP contribution is -2.30. The summed E-state index contributed by atoms with van der Waals surface area (Å²) in [6.07, 6.45) is 1.01. The Balaban J connectivity index is 2.66. The number of carbonyl (C=O) groups excluding carboxylic acids is 1. The largest absolute Gasteiger partial charge is 0.298 e. The molecule has 1 aliphatic rings. The first-order chi connectivity index (χ1) is 4.92. The van der Waals surface area contributed by atoms with Crippen LogP contribution in [0.5, 0.6) is 0 Å². The summed E-state index contributed by atoms with van der Waals surface area (Å²) < 4.78 is 0. The molecule has 1 atom stereocenters. The van der Waals surface area contributed by atoms with Crippen molar-refractivity contribution in [3.05, 3.63) is 0 Å². The van der Waals surface area contributed by atoms with Gasteiger partial charge in [-0.2, -0.15) is 0 Å². The Labute approximate surface area is 68.6 Å². The molecular formula is C9H17NO. The minimum Gasteiger partial charge on any atom is -0.298 e. The van der Waals surface area contributed by atoms with Gasteiger partial charge in [-0.3, -0.25) is 9.69 Å². The monoisotopic (exact) mass is 155 g/mol. The molecule has 0 N–H and O–H groups in total. The predicted molar refractivity (Wildman–Crippen MR) is 45.5 cm³/mol. The van der Waals surface area contributed by atoms with E-state index in [0.29, 0.717) is 11.2 Å². The molecule has 2 nitrogen and oxygen atoms in total. The van der Waals surface area contributed by atoms with E-state index in [4.69, 9.17) is 0 Å². The van der Waals surface area contributed by atoms with Crippen molar-refractivity contribution in [2.45, 2.75) is 33.2 Å². The smallest absolute Gasteiger partial charge is 0.146 e. The van der Waals surface area contributed by atoms with E-state index in [1.807, 2.05) is 7.05 Å². The van der Waals surface area contributed by atoms with Gasteiger partial charge in [0, 0.05) is 6.54 Å². The fourth-order valence-electron chi connectivity index (χ4n) is 1.98. The summed E-state index contributed by atoms with van der Waals surface area (Å²) >= 11 is 0. The molecule has 0 bridgehead atoms. The van der Waals surface area contributed by atoms with E-state index in [1.165, 1.54) is 0 Å². The molecule has 0 aromatic rings. The molecule has 1 heterocycles. The van der Waals surface area contributed by atoms with E-state index in [-0.39, 0.29) is 6.04 Å². The SMILES string of the molecule is CC(=O)[C@@H]1CC(C)(C)CN1C. The Morgan fingerprint density at radius 2 is 2.09 bits per heavy atom. The van der Waals surface area contributed by atoms with Crippen LogP contribution < -0.4 is 0 Å². The molecule has 1 rings (SSSR count). The van der Waals surface area contributed by atoms with Crippen LogP contribution in [0.4, 0.5) is 0 Å². The van der Waals surface area contributed by atoms with Gasteiger partial charge >= 0.3 is 0 Å². The van der Waals surface area contributed by atoms with Crippen LogP contribution in [0.3, 0.4) is 0 Å². The summed E-state index contributed by atoms with van der Waals surface area (Å²) in [5.74, 6) is 0.304. The van der Waals surface area contributed by atoms with Crippen LogP contribution in [0.1, 0.15) is 27.2 Å². The first-order valence-corrected chi connectivity index (χ1v) is 4.13. The summed E-state index contributed by atoms with van der Waals surface area (Å²) in [6, 6.07) is 0.171. The van der Waals surface area contributed by atoms with Crippen LogP contribution in [0, 0.1) is 5.41 Å². The third-order valence-electron chi connectivity index (χ3n) is 2.42. The molecule has 0 aromatic heterocycles. The summed E-state index contributed by atoms with van der Waals surface area (Å²) in [7, 11) is 2.03. The zero-order valence-corrected chi connectivity index (χ0v) is 7.85. The molecule has 0 spiro atoms. The average Bonchev–Trinajstić information content (AvgIpc) is 2.05. The normalized spacial score (nSPS) is 30.7. The number of ketones is 1. The molecule has 1 saturated heterocycles. The minimum absolute atomic E-state index is 0.171. The molecular weight excluding hydrogens is 138 g/mol. The number of Topliss-reactive ketones (excluding diaryl/α,β-unsaturated/α-hetero) is 1. The number of carbonyl (C=O) groups is 1. The maximum Gasteiger partial charge on any atom is 0.146 e. The van der Waals surface area contributed by atoms with Gasteiger partial charge in [0.1, 0.15) is 5.78 Å². The number of likely N-dealkylation sites (tertiary alicyclic amines) is 1. The summed E-state index contributed by atoms with van der Waals surface area (Å²) in [5, 5.41) is 0. The lowest BCUT2D eigenvalue weighted by atomic mass is 9.90. The van der Waals surface area contributed by atoms with E-state index < -0.39 is 0 Å². The van der Waals surface area contributed by atoms with Crippen LogP contribution in [-0.4, -0.2) is 30.3 Å². The van der Waals surface area contributed by atoms with Crippen molar-refractivity contribution in [3.8, 4) is 0 Å². The van der Waals surface area contributed by atoms with Crippen LogP contribution in [0.2, 0.25) is 0 Å². The standard InChI is InChI=1S/C9H17NO/c1-7(11)8-5-9(2,3)6-10(8)4/h8H,5-6H2,1-4H3/t8-/m0/s1. The fourth-order valence-corrected chi connectivity index (χ4v) is 1.98. The molecule has 11 heavy (non-hydrogen) atoms. The van der Waals surface area contributed by atoms with Gasteiger partial charge in [0.25, 0.3) is 0 Å². The quantitative estimate of drug-likeness (QED) is 0.569. The van der Waals surface area contributed by atoms with E-state index >= 15 is 0 Å². The van der Waals surface area contributed by atoms with Gasteiger partial charge in [0.2, 0.25) is 0 Å². The second kappa shape index (κ2) is 2.59. The average molecular weight is 155 g/mol. The van der Waals surface area contributed by atoms with Crippen molar-refractivity contribution < 1.29 is 4.79 Å². The van der Waals surface area contributed by atoms with Gasteiger partial charge in [-0.1, -0.05) is 13.8 Å². The highest BCUT2D eigenvalue weighted by Gasteiger charge is 2.37. The number of hydrogen-bond acceptors (Lipinski definition) is 2. The number of nitrogens with zero attached hydrogens (tertiary/aromatic N) is 1. The van der Waals surface area contributed by atoms with Gasteiger partial charge in [-0.15, -0.1) is 0 Å². The zero-order valence-electron chi connectivity index (χ0n) is 7.85.